The van der Waals surface area contributed by atoms with Gasteiger partial charge in [-0.2, -0.15) is 4.98 Å². The maximum atomic E-state index is 5.90. The Kier molecular flexibility index (Phi) is 3.93. The molecule has 0 unspecified atom stereocenters. The Labute approximate surface area is 120 Å². The molecule has 1 heterocycles. The van der Waals surface area contributed by atoms with Crippen LogP contribution in [0.4, 0.5) is 5.82 Å². The van der Waals surface area contributed by atoms with E-state index in [1.54, 1.807) is 0 Å². The minimum absolute atomic E-state index is 0.131. The van der Waals surface area contributed by atoms with E-state index in [-0.39, 0.29) is 5.41 Å². The summed E-state index contributed by atoms with van der Waals surface area (Å²) in [4.78, 5) is 9.14. The van der Waals surface area contributed by atoms with E-state index in [0.717, 1.165) is 23.0 Å². The largest absolute Gasteiger partial charge is 0.439 e. The van der Waals surface area contributed by atoms with Crippen LogP contribution in [0.1, 0.15) is 32.2 Å². The van der Waals surface area contributed by atoms with E-state index in [2.05, 4.69) is 36.1 Å². The quantitative estimate of drug-likeness (QED) is 0.919. The van der Waals surface area contributed by atoms with Gasteiger partial charge in [-0.3, -0.25) is 0 Å². The summed E-state index contributed by atoms with van der Waals surface area (Å²) in [5, 5.41) is 3.10. The molecule has 1 N–H and O–H groups in total. The van der Waals surface area contributed by atoms with E-state index in [4.69, 9.17) is 4.74 Å². The van der Waals surface area contributed by atoms with E-state index in [1.165, 1.54) is 0 Å². The van der Waals surface area contributed by atoms with Crippen LogP contribution < -0.4 is 10.1 Å². The third-order valence-electron chi connectivity index (χ3n) is 2.97. The van der Waals surface area contributed by atoms with E-state index in [1.807, 2.05) is 44.3 Å². The van der Waals surface area contributed by atoms with Gasteiger partial charge < -0.3 is 10.1 Å². The first-order valence-electron chi connectivity index (χ1n) is 6.71. The highest BCUT2D eigenvalue weighted by Crippen LogP contribution is 2.30. The fraction of sp³-hybridized carbons (Fsp3) is 0.375. The normalized spacial score (nSPS) is 11.2. The van der Waals surface area contributed by atoms with Crippen LogP contribution >= 0.6 is 0 Å². The van der Waals surface area contributed by atoms with Crippen molar-refractivity contribution >= 4 is 5.82 Å². The first-order valence-corrected chi connectivity index (χ1v) is 6.71. The highest BCUT2D eigenvalue weighted by Gasteiger charge is 2.21. The molecule has 0 radical (unpaired) electrons. The Morgan fingerprint density at radius 2 is 1.70 bits per heavy atom. The maximum Gasteiger partial charge on any atom is 0.227 e. The summed E-state index contributed by atoms with van der Waals surface area (Å²) in [5.41, 5.74) is 0.776. The second kappa shape index (κ2) is 5.49. The van der Waals surface area contributed by atoms with Gasteiger partial charge in [0.15, 0.2) is 0 Å². The van der Waals surface area contributed by atoms with Crippen molar-refractivity contribution in [3.05, 3.63) is 41.7 Å². The summed E-state index contributed by atoms with van der Waals surface area (Å²) >= 11 is 0. The molecule has 2 rings (SSSR count). The number of ether oxygens (including phenoxy) is 1. The summed E-state index contributed by atoms with van der Waals surface area (Å²) in [6.07, 6.45) is 0. The Hall–Kier alpha value is -2.10. The molecule has 0 aliphatic rings. The van der Waals surface area contributed by atoms with Crippen LogP contribution in [-0.2, 0) is 5.41 Å². The zero-order valence-corrected chi connectivity index (χ0v) is 12.7. The molecule has 4 heteroatoms. The molecule has 0 fully saturated rings. The van der Waals surface area contributed by atoms with E-state index in [0.29, 0.717) is 5.88 Å². The molecule has 1 aromatic carbocycles. The van der Waals surface area contributed by atoms with Gasteiger partial charge in [0.2, 0.25) is 5.88 Å². The summed E-state index contributed by atoms with van der Waals surface area (Å²) in [6.45, 7) is 8.22. The lowest BCUT2D eigenvalue weighted by Gasteiger charge is -2.20. The summed E-state index contributed by atoms with van der Waals surface area (Å²) in [6, 6.07) is 9.67. The van der Waals surface area contributed by atoms with Crippen LogP contribution in [0.25, 0.3) is 0 Å². The SMILES string of the molecule is CNc1nc(C(C)(C)C)nc(Oc2ccccc2)c1C. The van der Waals surface area contributed by atoms with Crippen molar-refractivity contribution in [2.75, 3.05) is 12.4 Å². The predicted molar refractivity (Wildman–Crippen MR) is 81.5 cm³/mol. The number of nitrogens with zero attached hydrogens (tertiary/aromatic N) is 2. The van der Waals surface area contributed by atoms with Gasteiger partial charge in [-0.1, -0.05) is 39.0 Å². The Bertz CT molecular complexity index is 589. The number of aromatic nitrogens is 2. The molecule has 0 aliphatic heterocycles. The van der Waals surface area contributed by atoms with Crippen LogP contribution in [0.5, 0.6) is 11.6 Å². The van der Waals surface area contributed by atoms with Gasteiger partial charge in [-0.05, 0) is 19.1 Å². The van der Waals surface area contributed by atoms with Crippen LogP contribution in [-0.4, -0.2) is 17.0 Å². The predicted octanol–water partition coefficient (Wildman–Crippen LogP) is 3.92. The summed E-state index contributed by atoms with van der Waals surface area (Å²) in [7, 11) is 1.86. The van der Waals surface area contributed by atoms with Gasteiger partial charge >= 0.3 is 0 Å². The van der Waals surface area contributed by atoms with E-state index >= 15 is 0 Å². The van der Waals surface area contributed by atoms with E-state index in [9.17, 15) is 0 Å². The minimum Gasteiger partial charge on any atom is -0.439 e. The molecule has 0 atom stereocenters. The first kappa shape index (κ1) is 14.3. The molecule has 1 aromatic heterocycles. The number of hydrogen-bond donors (Lipinski definition) is 1. The summed E-state index contributed by atoms with van der Waals surface area (Å²) < 4.78 is 5.90. The molecule has 0 spiro atoms. The molecule has 0 saturated heterocycles. The highest BCUT2D eigenvalue weighted by molar-refractivity contribution is 5.49. The molecular formula is C16H21N3O. The standard InChI is InChI=1S/C16H21N3O/c1-11-13(17-5)18-15(16(2,3)4)19-14(11)20-12-9-7-6-8-10-12/h6-10H,1-5H3,(H,17,18,19). The van der Waals surface area contributed by atoms with Crippen molar-refractivity contribution < 1.29 is 4.74 Å². The van der Waals surface area contributed by atoms with Gasteiger partial charge in [-0.25, -0.2) is 4.98 Å². The van der Waals surface area contributed by atoms with Crippen LogP contribution in [0.2, 0.25) is 0 Å². The third-order valence-corrected chi connectivity index (χ3v) is 2.97. The van der Waals surface area contributed by atoms with Crippen molar-refractivity contribution in [2.45, 2.75) is 33.1 Å². The van der Waals surface area contributed by atoms with Crippen LogP contribution in [0.3, 0.4) is 0 Å². The van der Waals surface area contributed by atoms with E-state index < -0.39 is 0 Å². The number of hydrogen-bond acceptors (Lipinski definition) is 4. The number of benzene rings is 1. The molecule has 0 saturated carbocycles. The lowest BCUT2D eigenvalue weighted by atomic mass is 9.95. The van der Waals surface area contributed by atoms with Gasteiger partial charge in [0.05, 0.1) is 5.56 Å². The van der Waals surface area contributed by atoms with Gasteiger partial charge in [0.1, 0.15) is 17.4 Å². The monoisotopic (exact) mass is 271 g/mol. The van der Waals surface area contributed by atoms with Crippen molar-refractivity contribution in [1.29, 1.82) is 0 Å². The highest BCUT2D eigenvalue weighted by atomic mass is 16.5. The molecule has 0 amide bonds. The molecule has 20 heavy (non-hydrogen) atoms. The van der Waals surface area contributed by atoms with Crippen molar-refractivity contribution in [3.63, 3.8) is 0 Å². The van der Waals surface area contributed by atoms with Crippen LogP contribution in [0, 0.1) is 6.92 Å². The molecule has 4 nitrogen and oxygen atoms in total. The lowest BCUT2D eigenvalue weighted by molar-refractivity contribution is 0.442. The minimum atomic E-state index is -0.131. The molecule has 0 aliphatic carbocycles. The molecular weight excluding hydrogens is 250 g/mol. The fourth-order valence-corrected chi connectivity index (χ4v) is 1.77. The number of nitrogens with one attached hydrogen (secondary N) is 1. The number of rotatable bonds is 3. The molecule has 106 valence electrons. The first-order chi connectivity index (χ1) is 9.41. The Morgan fingerprint density at radius 1 is 1.05 bits per heavy atom. The topological polar surface area (TPSA) is 47.0 Å². The average molecular weight is 271 g/mol. The maximum absolute atomic E-state index is 5.90. The van der Waals surface area contributed by atoms with Crippen molar-refractivity contribution in [2.24, 2.45) is 0 Å². The van der Waals surface area contributed by atoms with Crippen molar-refractivity contribution in [1.82, 2.24) is 9.97 Å². The van der Waals surface area contributed by atoms with Gasteiger partial charge in [-0.15, -0.1) is 0 Å². The second-order valence-electron chi connectivity index (χ2n) is 5.74. The lowest BCUT2D eigenvalue weighted by Crippen LogP contribution is -2.18. The zero-order chi connectivity index (χ0) is 14.8. The zero-order valence-electron chi connectivity index (χ0n) is 12.7. The molecule has 0 bridgehead atoms. The van der Waals surface area contributed by atoms with Crippen LogP contribution in [0.15, 0.2) is 30.3 Å². The van der Waals surface area contributed by atoms with Gasteiger partial charge in [0.25, 0.3) is 0 Å². The fourth-order valence-electron chi connectivity index (χ4n) is 1.77. The summed E-state index contributed by atoms with van der Waals surface area (Å²) in [5.74, 6) is 2.94. The van der Waals surface area contributed by atoms with Gasteiger partial charge in [0, 0.05) is 12.5 Å². The average Bonchev–Trinajstić information content (AvgIpc) is 2.41. The third kappa shape index (κ3) is 3.07. The number of para-hydroxylation sites is 1. The second-order valence-corrected chi connectivity index (χ2v) is 5.74. The Balaban J connectivity index is 2.46. The Morgan fingerprint density at radius 3 is 2.25 bits per heavy atom. The van der Waals surface area contributed by atoms with Crippen molar-refractivity contribution in [3.8, 4) is 11.6 Å². The molecule has 2 aromatic rings. The smallest absolute Gasteiger partial charge is 0.227 e. The number of anilines is 1.